The van der Waals surface area contributed by atoms with Gasteiger partial charge in [-0.05, 0) is 18.6 Å². The molecule has 0 radical (unpaired) electrons. The molecule has 0 fully saturated rings. The zero-order chi connectivity index (χ0) is 13.1. The number of rotatable bonds is 3. The van der Waals surface area contributed by atoms with E-state index in [1.807, 2.05) is 23.1 Å². The highest BCUT2D eigenvalue weighted by molar-refractivity contribution is 6.02. The molecule has 1 aromatic carbocycles. The summed E-state index contributed by atoms with van der Waals surface area (Å²) in [5, 5.41) is 8.86. The number of carboxylic acids is 1. The van der Waals surface area contributed by atoms with Gasteiger partial charge in [0.2, 0.25) is 0 Å². The molecule has 0 spiro atoms. The molecular formula is C13H16N2O3. The molecule has 0 bridgehead atoms. The number of anilines is 1. The molecule has 18 heavy (non-hydrogen) atoms. The number of benzene rings is 1. The van der Waals surface area contributed by atoms with Crippen molar-refractivity contribution in [2.45, 2.75) is 18.9 Å². The lowest BCUT2D eigenvalue weighted by Crippen LogP contribution is -2.43. The van der Waals surface area contributed by atoms with Crippen LogP contribution in [0.15, 0.2) is 24.3 Å². The number of aliphatic carboxylic acids is 1. The van der Waals surface area contributed by atoms with Gasteiger partial charge in [0, 0.05) is 30.8 Å². The van der Waals surface area contributed by atoms with E-state index >= 15 is 0 Å². The highest BCUT2D eigenvalue weighted by Crippen LogP contribution is 2.25. The second-order valence-electron chi connectivity index (χ2n) is 4.43. The van der Waals surface area contributed by atoms with Gasteiger partial charge in [0.1, 0.15) is 6.04 Å². The van der Waals surface area contributed by atoms with Gasteiger partial charge in [0.25, 0.3) is 0 Å². The third kappa shape index (κ3) is 2.51. The third-order valence-electron chi connectivity index (χ3n) is 3.11. The van der Waals surface area contributed by atoms with Gasteiger partial charge in [0.05, 0.1) is 0 Å². The van der Waals surface area contributed by atoms with Crippen molar-refractivity contribution in [3.63, 3.8) is 0 Å². The predicted octanol–water partition coefficient (Wildman–Crippen LogP) is 0.881. The molecule has 1 aromatic rings. The van der Waals surface area contributed by atoms with Crippen LogP contribution in [-0.2, 0) is 4.79 Å². The summed E-state index contributed by atoms with van der Waals surface area (Å²) in [6.45, 7) is 0.878. The molecule has 5 nitrogen and oxygen atoms in total. The summed E-state index contributed by atoms with van der Waals surface area (Å²) in [6.07, 6.45) is 1.22. The van der Waals surface area contributed by atoms with Gasteiger partial charge < -0.3 is 15.7 Å². The maximum Gasteiger partial charge on any atom is 0.322 e. The minimum Gasteiger partial charge on any atom is -0.480 e. The second-order valence-corrected chi connectivity index (χ2v) is 4.43. The average Bonchev–Trinajstić information content (AvgIpc) is 2.51. The minimum atomic E-state index is -1.02. The Balaban J connectivity index is 2.29. The van der Waals surface area contributed by atoms with Crippen LogP contribution in [-0.4, -0.2) is 36.0 Å². The highest BCUT2D eigenvalue weighted by Gasteiger charge is 2.23. The van der Waals surface area contributed by atoms with Crippen molar-refractivity contribution in [3.05, 3.63) is 29.8 Å². The lowest BCUT2D eigenvalue weighted by atomic mass is 10.1. The molecule has 3 N–H and O–H groups in total. The summed E-state index contributed by atoms with van der Waals surface area (Å²) < 4.78 is 0. The maximum atomic E-state index is 11.9. The van der Waals surface area contributed by atoms with Crippen LogP contribution in [0.1, 0.15) is 23.2 Å². The number of carbonyl (C=O) groups excluding carboxylic acids is 1. The van der Waals surface area contributed by atoms with Crippen LogP contribution in [0, 0.1) is 0 Å². The molecule has 1 heterocycles. The fraction of sp³-hybridized carbons (Fsp3) is 0.385. The molecule has 1 atom stereocenters. The highest BCUT2D eigenvalue weighted by atomic mass is 16.4. The molecule has 1 aliphatic heterocycles. The van der Waals surface area contributed by atoms with Gasteiger partial charge in [0.15, 0.2) is 5.78 Å². The van der Waals surface area contributed by atoms with E-state index in [0.717, 1.165) is 12.1 Å². The van der Waals surface area contributed by atoms with E-state index in [1.165, 1.54) is 0 Å². The number of fused-ring (bicyclic) bond motifs is 1. The Labute approximate surface area is 105 Å². The molecule has 1 unspecified atom stereocenters. The van der Waals surface area contributed by atoms with Gasteiger partial charge in [-0.3, -0.25) is 9.59 Å². The number of nitrogens with zero attached hydrogens (tertiary/aromatic N) is 1. The Morgan fingerprint density at radius 3 is 2.89 bits per heavy atom. The van der Waals surface area contributed by atoms with Crippen LogP contribution in [0.3, 0.4) is 0 Å². The monoisotopic (exact) mass is 248 g/mol. The lowest BCUT2D eigenvalue weighted by Gasteiger charge is -2.26. The summed E-state index contributed by atoms with van der Waals surface area (Å²) in [6, 6.07) is 6.34. The van der Waals surface area contributed by atoms with Crippen molar-refractivity contribution in [2.75, 3.05) is 18.0 Å². The van der Waals surface area contributed by atoms with Gasteiger partial charge in [-0.2, -0.15) is 0 Å². The first-order valence-corrected chi connectivity index (χ1v) is 5.95. The van der Waals surface area contributed by atoms with E-state index in [9.17, 15) is 9.59 Å². The Morgan fingerprint density at radius 1 is 1.44 bits per heavy atom. The zero-order valence-corrected chi connectivity index (χ0v) is 10.0. The number of para-hydroxylation sites is 1. The number of carbonyl (C=O) groups is 2. The van der Waals surface area contributed by atoms with Crippen molar-refractivity contribution >= 4 is 17.4 Å². The summed E-state index contributed by atoms with van der Waals surface area (Å²) in [4.78, 5) is 24.6. The van der Waals surface area contributed by atoms with E-state index in [-0.39, 0.29) is 12.3 Å². The number of nitrogens with two attached hydrogens (primary N) is 1. The molecule has 0 saturated carbocycles. The van der Waals surface area contributed by atoms with E-state index in [2.05, 4.69) is 0 Å². The predicted molar refractivity (Wildman–Crippen MR) is 67.8 cm³/mol. The van der Waals surface area contributed by atoms with Crippen LogP contribution >= 0.6 is 0 Å². The van der Waals surface area contributed by atoms with Crippen LogP contribution in [0.25, 0.3) is 0 Å². The molecular weight excluding hydrogens is 232 g/mol. The Kier molecular flexibility index (Phi) is 3.62. The van der Waals surface area contributed by atoms with Gasteiger partial charge in [-0.1, -0.05) is 12.1 Å². The molecule has 2 rings (SSSR count). The fourth-order valence-corrected chi connectivity index (χ4v) is 2.18. The van der Waals surface area contributed by atoms with Crippen molar-refractivity contribution in [2.24, 2.45) is 5.73 Å². The zero-order valence-electron chi connectivity index (χ0n) is 10.0. The quantitative estimate of drug-likeness (QED) is 0.829. The molecule has 0 aliphatic carbocycles. The van der Waals surface area contributed by atoms with Crippen LogP contribution < -0.4 is 10.6 Å². The van der Waals surface area contributed by atoms with Gasteiger partial charge in [-0.15, -0.1) is 0 Å². The van der Waals surface area contributed by atoms with Crippen molar-refractivity contribution in [1.82, 2.24) is 0 Å². The first-order chi connectivity index (χ1) is 8.59. The topological polar surface area (TPSA) is 83.6 Å². The molecule has 5 heteroatoms. The number of hydrogen-bond donors (Lipinski definition) is 2. The van der Waals surface area contributed by atoms with Crippen molar-refractivity contribution in [3.8, 4) is 0 Å². The average molecular weight is 248 g/mol. The first-order valence-electron chi connectivity index (χ1n) is 5.95. The minimum absolute atomic E-state index is 0.108. The lowest BCUT2D eigenvalue weighted by molar-refractivity contribution is -0.138. The summed E-state index contributed by atoms with van der Waals surface area (Å²) >= 11 is 0. The number of ketones is 1. The summed E-state index contributed by atoms with van der Waals surface area (Å²) in [7, 11) is 0. The van der Waals surface area contributed by atoms with Gasteiger partial charge in [-0.25, -0.2) is 0 Å². The maximum absolute atomic E-state index is 11.9. The van der Waals surface area contributed by atoms with E-state index < -0.39 is 12.0 Å². The molecule has 96 valence electrons. The molecule has 0 amide bonds. The van der Waals surface area contributed by atoms with Crippen molar-refractivity contribution < 1.29 is 14.7 Å². The van der Waals surface area contributed by atoms with Crippen LogP contribution in [0.2, 0.25) is 0 Å². The molecule has 0 saturated heterocycles. The molecule has 0 aromatic heterocycles. The standard InChI is InChI=1S/C13H16N2O3/c14-10(13(17)18)8-15-7-3-6-12(16)9-4-1-2-5-11(9)15/h1-2,4-5,10H,3,6-8,14H2,(H,17,18). The normalized spacial score (nSPS) is 16.9. The smallest absolute Gasteiger partial charge is 0.322 e. The number of carboxylic acid groups (broad SMARTS) is 1. The van der Waals surface area contributed by atoms with Gasteiger partial charge >= 0.3 is 5.97 Å². The summed E-state index contributed by atoms with van der Waals surface area (Å²) in [5.41, 5.74) is 7.01. The third-order valence-corrected chi connectivity index (χ3v) is 3.11. The van der Waals surface area contributed by atoms with Crippen LogP contribution in [0.4, 0.5) is 5.69 Å². The Hall–Kier alpha value is -1.88. The number of Topliss-reactive ketones (excluding diaryl/α,β-unsaturated/α-hetero) is 1. The SMILES string of the molecule is NC(CN1CCCC(=O)c2ccccc21)C(=O)O. The first kappa shape index (κ1) is 12.6. The second kappa shape index (κ2) is 5.18. The van der Waals surface area contributed by atoms with E-state index in [0.29, 0.717) is 18.5 Å². The van der Waals surface area contributed by atoms with Crippen molar-refractivity contribution in [1.29, 1.82) is 0 Å². The Bertz CT molecular complexity index is 473. The fourth-order valence-electron chi connectivity index (χ4n) is 2.18. The Morgan fingerprint density at radius 2 is 2.17 bits per heavy atom. The number of hydrogen-bond acceptors (Lipinski definition) is 4. The summed E-state index contributed by atoms with van der Waals surface area (Å²) in [5.74, 6) is -0.917. The molecule has 1 aliphatic rings. The van der Waals surface area contributed by atoms with E-state index in [1.54, 1.807) is 6.07 Å². The van der Waals surface area contributed by atoms with Crippen LogP contribution in [0.5, 0.6) is 0 Å². The van der Waals surface area contributed by atoms with E-state index in [4.69, 9.17) is 10.8 Å². The largest absolute Gasteiger partial charge is 0.480 e.